The van der Waals surface area contributed by atoms with Crippen molar-refractivity contribution in [1.29, 1.82) is 0 Å². The normalized spacial score (nSPS) is 26.1. The predicted molar refractivity (Wildman–Crippen MR) is 126 cm³/mol. The van der Waals surface area contributed by atoms with Crippen LogP contribution in [0.2, 0.25) is 0 Å². The van der Waals surface area contributed by atoms with E-state index < -0.39 is 43.1 Å². The van der Waals surface area contributed by atoms with Gasteiger partial charge in [-0.25, -0.2) is 4.98 Å². The number of hydrogen-bond donors (Lipinski definition) is 4. The number of nitrogens with zero attached hydrogens (tertiary/aromatic N) is 4. The van der Waals surface area contributed by atoms with Gasteiger partial charge in [0.1, 0.15) is 30.5 Å². The Morgan fingerprint density at radius 1 is 1.44 bits per heavy atom. The highest BCUT2D eigenvalue weighted by Gasteiger charge is 2.54. The molecule has 188 valence electrons. The van der Waals surface area contributed by atoms with E-state index in [0.717, 1.165) is 0 Å². The number of nitrogens with one attached hydrogen (secondary N) is 1. The van der Waals surface area contributed by atoms with Crippen molar-refractivity contribution in [2.75, 3.05) is 18.9 Å². The topological polar surface area (TPSA) is 176 Å². The summed E-state index contributed by atoms with van der Waals surface area (Å²) in [6, 6.07) is -0.668. The lowest BCUT2D eigenvalue weighted by Crippen LogP contribution is -2.44. The van der Waals surface area contributed by atoms with Gasteiger partial charge >= 0.3 is 13.0 Å². The van der Waals surface area contributed by atoms with Gasteiger partial charge in [-0.05, 0) is 34.6 Å². The van der Waals surface area contributed by atoms with E-state index in [1.54, 1.807) is 27.7 Å². The molecule has 0 aliphatic carbocycles. The molecule has 1 fully saturated rings. The Morgan fingerprint density at radius 2 is 2.15 bits per heavy atom. The molecular formula is C19H30N6O7PS+. The molecule has 34 heavy (non-hydrogen) atoms. The third kappa shape index (κ3) is 5.60. The molecule has 5 N–H and O–H groups in total. The maximum atomic E-state index is 11.9. The zero-order chi connectivity index (χ0) is 25.2. The second kappa shape index (κ2) is 10.7. The zero-order valence-electron chi connectivity index (χ0n) is 19.5. The van der Waals surface area contributed by atoms with Gasteiger partial charge in [0, 0.05) is 0 Å². The molecule has 0 saturated carbocycles. The Kier molecular flexibility index (Phi) is 8.34. The molecule has 0 amide bonds. The van der Waals surface area contributed by atoms with E-state index in [-0.39, 0.29) is 30.2 Å². The van der Waals surface area contributed by atoms with Crippen LogP contribution in [-0.2, 0) is 30.6 Å². The number of aliphatic hydroxyl groups excluding tert-OH is 1. The van der Waals surface area contributed by atoms with E-state index in [4.69, 9.17) is 36.3 Å². The Balaban J connectivity index is 1.71. The predicted octanol–water partition coefficient (Wildman–Crippen LogP) is 0.537. The molecule has 0 radical (unpaired) electrons. The van der Waals surface area contributed by atoms with E-state index in [0.29, 0.717) is 12.1 Å². The smallest absolute Gasteiger partial charge is 0.440 e. The maximum absolute atomic E-state index is 11.9. The first-order chi connectivity index (χ1) is 15.9. The average Bonchev–Trinajstić information content (AvgIpc) is 3.25. The summed E-state index contributed by atoms with van der Waals surface area (Å²) in [6.07, 6.45) is -2.15. The number of aliphatic hydroxyl groups is 2. The van der Waals surface area contributed by atoms with Crippen molar-refractivity contribution in [1.82, 2.24) is 24.6 Å². The number of ether oxygens (including phenoxy) is 3. The third-order valence-corrected chi connectivity index (χ3v) is 6.67. The number of aromatic nitrogens is 4. The number of nitrogen functional groups attached to an aromatic ring is 1. The van der Waals surface area contributed by atoms with Gasteiger partial charge < -0.3 is 30.2 Å². The number of anilines is 1. The number of hydrogen-bond acceptors (Lipinski definition) is 12. The molecular weight excluding hydrogens is 487 g/mol. The molecule has 6 atom stereocenters. The quantitative estimate of drug-likeness (QED) is 0.254. The first-order valence-electron chi connectivity index (χ1n) is 10.7. The van der Waals surface area contributed by atoms with Crippen molar-refractivity contribution in [3.8, 4) is 5.88 Å². The standard InChI is InChI=1S/C19H30N6O7PS/c1-6-29-15-12-14(22-18(20)23-15)25(8-21-12)17-19(5,28)13(26)11(32-17)7-30-33(34)24-10(4)16(27)31-9(2)3/h8-11,13,17,26,28H,6-7H2,1-5H3,(H,24,34)(H2,20,22,23)/q+1. The monoisotopic (exact) mass is 517 g/mol. The van der Waals surface area contributed by atoms with Gasteiger partial charge in [0.15, 0.2) is 17.4 Å². The van der Waals surface area contributed by atoms with Crippen LogP contribution in [0.3, 0.4) is 0 Å². The van der Waals surface area contributed by atoms with Crippen molar-refractivity contribution in [3.05, 3.63) is 6.33 Å². The van der Waals surface area contributed by atoms with Gasteiger partial charge in [-0.3, -0.25) is 9.36 Å². The van der Waals surface area contributed by atoms with E-state index in [2.05, 4.69) is 20.0 Å². The van der Waals surface area contributed by atoms with Crippen LogP contribution in [-0.4, -0.2) is 78.9 Å². The second-order valence-electron chi connectivity index (χ2n) is 8.23. The van der Waals surface area contributed by atoms with Gasteiger partial charge in [-0.2, -0.15) is 9.97 Å². The van der Waals surface area contributed by atoms with Gasteiger partial charge in [0.25, 0.3) is 0 Å². The summed E-state index contributed by atoms with van der Waals surface area (Å²) < 4.78 is 23.6. The molecule has 3 rings (SSSR count). The van der Waals surface area contributed by atoms with Crippen molar-refractivity contribution in [2.24, 2.45) is 0 Å². The molecule has 3 heterocycles. The number of carbonyl (C=O) groups is 1. The third-order valence-electron chi connectivity index (χ3n) is 5.06. The summed E-state index contributed by atoms with van der Waals surface area (Å²) in [5, 5.41) is 24.6. The Labute approximate surface area is 202 Å². The fraction of sp³-hybridized carbons (Fsp3) is 0.684. The minimum Gasteiger partial charge on any atom is -0.476 e. The summed E-state index contributed by atoms with van der Waals surface area (Å²) in [6.45, 7) is 8.56. The highest BCUT2D eigenvalue weighted by Crippen LogP contribution is 2.40. The van der Waals surface area contributed by atoms with E-state index >= 15 is 0 Å². The van der Waals surface area contributed by atoms with Crippen LogP contribution in [0.15, 0.2) is 6.33 Å². The van der Waals surface area contributed by atoms with E-state index in [1.807, 2.05) is 0 Å². The molecule has 0 aromatic carbocycles. The molecule has 15 heteroatoms. The van der Waals surface area contributed by atoms with Crippen LogP contribution in [0.1, 0.15) is 40.8 Å². The molecule has 0 bridgehead atoms. The molecule has 1 saturated heterocycles. The Morgan fingerprint density at radius 3 is 2.79 bits per heavy atom. The summed E-state index contributed by atoms with van der Waals surface area (Å²) in [5.74, 6) is -0.283. The van der Waals surface area contributed by atoms with Crippen LogP contribution in [0, 0.1) is 0 Å². The summed E-state index contributed by atoms with van der Waals surface area (Å²) in [5.41, 5.74) is 4.70. The minimum atomic E-state index is -1.72. The first-order valence-corrected chi connectivity index (χ1v) is 13.0. The highest BCUT2D eigenvalue weighted by atomic mass is 32.4. The number of rotatable bonds is 10. The van der Waals surface area contributed by atoms with Crippen molar-refractivity contribution in [3.63, 3.8) is 0 Å². The lowest BCUT2D eigenvalue weighted by molar-refractivity contribution is -0.148. The largest absolute Gasteiger partial charge is 0.476 e. The van der Waals surface area contributed by atoms with Crippen LogP contribution in [0.25, 0.3) is 11.2 Å². The molecule has 0 spiro atoms. The van der Waals surface area contributed by atoms with E-state index in [1.165, 1.54) is 17.8 Å². The van der Waals surface area contributed by atoms with E-state index in [9.17, 15) is 15.0 Å². The number of fused-ring (bicyclic) bond motifs is 1. The SMILES string of the molecule is CCOc1nc(N)nc2c1ncn2C1OC(CO[P+](=S)NC(C)C(=O)OC(C)C)C(O)C1(C)O. The Hall–Kier alpha value is -2.06. The number of imidazole rings is 1. The van der Waals surface area contributed by atoms with Crippen LogP contribution >= 0.6 is 7.07 Å². The number of esters is 1. The molecule has 13 nitrogen and oxygen atoms in total. The van der Waals surface area contributed by atoms with Gasteiger partial charge in [-0.15, -0.1) is 4.52 Å². The molecule has 2 aromatic heterocycles. The van der Waals surface area contributed by atoms with Gasteiger partial charge in [0.05, 0.1) is 19.0 Å². The highest BCUT2D eigenvalue weighted by molar-refractivity contribution is 8.02. The molecule has 2 aromatic rings. The average molecular weight is 518 g/mol. The fourth-order valence-corrected chi connectivity index (χ4v) is 4.85. The minimum absolute atomic E-state index is 0.0382. The van der Waals surface area contributed by atoms with Crippen LogP contribution < -0.4 is 15.6 Å². The molecule has 1 aliphatic rings. The lowest BCUT2D eigenvalue weighted by atomic mass is 9.96. The first kappa shape index (κ1) is 26.5. The Bertz CT molecular complexity index is 1050. The van der Waals surface area contributed by atoms with Crippen molar-refractivity contribution in [2.45, 2.75) is 70.8 Å². The number of carbonyl (C=O) groups excluding carboxylic acids is 1. The second-order valence-corrected chi connectivity index (χ2v) is 10.3. The summed E-state index contributed by atoms with van der Waals surface area (Å²) in [4.78, 5) is 24.5. The van der Waals surface area contributed by atoms with Crippen molar-refractivity contribution < 1.29 is 33.7 Å². The fourth-order valence-electron chi connectivity index (χ4n) is 3.42. The lowest BCUT2D eigenvalue weighted by Gasteiger charge is -2.27. The maximum Gasteiger partial charge on any atom is 0.440 e. The summed E-state index contributed by atoms with van der Waals surface area (Å²) in [7, 11) is -1.66. The van der Waals surface area contributed by atoms with Gasteiger partial charge in [-0.1, -0.05) is 5.09 Å². The number of nitrogens with two attached hydrogens (primary N) is 1. The zero-order valence-corrected chi connectivity index (χ0v) is 21.2. The van der Waals surface area contributed by atoms with Gasteiger partial charge in [0.2, 0.25) is 23.6 Å². The molecule has 6 unspecified atom stereocenters. The molecule has 1 aliphatic heterocycles. The van der Waals surface area contributed by atoms with Crippen LogP contribution in [0.5, 0.6) is 5.88 Å². The van der Waals surface area contributed by atoms with Crippen LogP contribution in [0.4, 0.5) is 5.95 Å². The summed E-state index contributed by atoms with van der Waals surface area (Å²) >= 11 is 5.27. The van der Waals surface area contributed by atoms with Crippen molar-refractivity contribution >= 4 is 42.0 Å².